The predicted octanol–water partition coefficient (Wildman–Crippen LogP) is 2.27. The lowest BCUT2D eigenvalue weighted by Gasteiger charge is -2.06. The van der Waals surface area contributed by atoms with Crippen LogP contribution in [0.25, 0.3) is 0 Å². The van der Waals surface area contributed by atoms with Crippen LogP contribution in [-0.2, 0) is 9.53 Å². The van der Waals surface area contributed by atoms with E-state index in [-0.39, 0.29) is 22.2 Å². The summed E-state index contributed by atoms with van der Waals surface area (Å²) in [6.45, 7) is 2.76. The van der Waals surface area contributed by atoms with Crippen LogP contribution >= 0.6 is 23.2 Å². The Labute approximate surface area is 129 Å². The van der Waals surface area contributed by atoms with Crippen LogP contribution in [0.1, 0.15) is 10.4 Å². The lowest BCUT2D eigenvalue weighted by molar-refractivity contribution is -0.384. The quantitative estimate of drug-likeness (QED) is 0.489. The summed E-state index contributed by atoms with van der Waals surface area (Å²) >= 11 is 11.0. The van der Waals surface area contributed by atoms with E-state index in [4.69, 9.17) is 23.2 Å². The van der Waals surface area contributed by atoms with E-state index in [2.05, 4.69) is 16.6 Å². The smallest absolute Gasteiger partial charge is 0.325 e. The van der Waals surface area contributed by atoms with Crippen LogP contribution in [0.3, 0.4) is 0 Å². The standard InChI is InChI=1S/C12H10Cl2N2O5/c1-7(13)6-21-11(17)5-15-12(18)8-2-3-9(14)10(4-8)16(19)20/h2-4H,1,5-6H2,(H,15,18). The minimum atomic E-state index is -0.714. The van der Waals surface area contributed by atoms with Gasteiger partial charge in [0.1, 0.15) is 18.2 Å². The fourth-order valence-corrected chi connectivity index (χ4v) is 1.50. The van der Waals surface area contributed by atoms with Gasteiger partial charge in [-0.25, -0.2) is 0 Å². The van der Waals surface area contributed by atoms with Gasteiger partial charge in [0.25, 0.3) is 11.6 Å². The molecule has 0 bridgehead atoms. The zero-order valence-corrected chi connectivity index (χ0v) is 12.1. The highest BCUT2D eigenvalue weighted by Crippen LogP contribution is 2.24. The van der Waals surface area contributed by atoms with Crippen molar-refractivity contribution in [3.8, 4) is 0 Å². The van der Waals surface area contributed by atoms with Gasteiger partial charge in [-0.1, -0.05) is 29.8 Å². The molecule has 1 rings (SSSR count). The van der Waals surface area contributed by atoms with Crippen molar-refractivity contribution in [2.75, 3.05) is 13.2 Å². The number of carbonyl (C=O) groups excluding carboxylic acids is 2. The Morgan fingerprint density at radius 1 is 1.43 bits per heavy atom. The SMILES string of the molecule is C=C(Cl)COC(=O)CNC(=O)c1ccc(Cl)c([N+](=O)[O-])c1. The summed E-state index contributed by atoms with van der Waals surface area (Å²) in [6, 6.07) is 3.55. The van der Waals surface area contributed by atoms with Crippen LogP contribution in [0.15, 0.2) is 29.8 Å². The average Bonchev–Trinajstić information content (AvgIpc) is 2.42. The van der Waals surface area contributed by atoms with Crippen LogP contribution in [0.5, 0.6) is 0 Å². The molecule has 21 heavy (non-hydrogen) atoms. The van der Waals surface area contributed by atoms with Crippen molar-refractivity contribution < 1.29 is 19.2 Å². The molecule has 0 aliphatic heterocycles. The summed E-state index contributed by atoms with van der Waals surface area (Å²) in [5.74, 6) is -1.38. The van der Waals surface area contributed by atoms with Gasteiger partial charge >= 0.3 is 5.97 Å². The van der Waals surface area contributed by atoms with Gasteiger partial charge in [-0.2, -0.15) is 0 Å². The number of hydrogen-bond donors (Lipinski definition) is 1. The minimum Gasteiger partial charge on any atom is -0.459 e. The lowest BCUT2D eigenvalue weighted by atomic mass is 10.2. The van der Waals surface area contributed by atoms with E-state index in [0.717, 1.165) is 6.07 Å². The number of carbonyl (C=O) groups is 2. The topological polar surface area (TPSA) is 98.5 Å². The molecular formula is C12H10Cl2N2O5. The van der Waals surface area contributed by atoms with E-state index in [1.54, 1.807) is 0 Å². The maximum atomic E-state index is 11.7. The van der Waals surface area contributed by atoms with Crippen molar-refractivity contribution in [1.29, 1.82) is 0 Å². The monoisotopic (exact) mass is 332 g/mol. The number of halogens is 2. The van der Waals surface area contributed by atoms with Gasteiger partial charge in [0.05, 0.1) is 4.92 Å². The van der Waals surface area contributed by atoms with E-state index in [0.29, 0.717) is 0 Å². The fourth-order valence-electron chi connectivity index (χ4n) is 1.26. The first-order valence-electron chi connectivity index (χ1n) is 5.52. The Morgan fingerprint density at radius 3 is 2.67 bits per heavy atom. The zero-order valence-electron chi connectivity index (χ0n) is 10.6. The number of nitro benzene ring substituents is 1. The highest BCUT2D eigenvalue weighted by molar-refractivity contribution is 6.32. The summed E-state index contributed by atoms with van der Waals surface area (Å²) in [4.78, 5) is 33.0. The van der Waals surface area contributed by atoms with E-state index in [1.807, 2.05) is 0 Å². The molecule has 7 nitrogen and oxygen atoms in total. The normalized spacial score (nSPS) is 9.81. The molecule has 0 unspecified atom stereocenters. The molecule has 112 valence electrons. The van der Waals surface area contributed by atoms with E-state index >= 15 is 0 Å². The van der Waals surface area contributed by atoms with Crippen molar-refractivity contribution in [1.82, 2.24) is 5.32 Å². The lowest BCUT2D eigenvalue weighted by Crippen LogP contribution is -2.30. The van der Waals surface area contributed by atoms with E-state index < -0.39 is 29.0 Å². The number of nitro groups is 1. The molecular weight excluding hydrogens is 323 g/mol. The molecule has 9 heteroatoms. The third kappa shape index (κ3) is 5.41. The van der Waals surface area contributed by atoms with Gasteiger partial charge < -0.3 is 10.1 Å². The number of ether oxygens (including phenoxy) is 1. The average molecular weight is 333 g/mol. The molecule has 0 aromatic heterocycles. The molecule has 1 N–H and O–H groups in total. The van der Waals surface area contributed by atoms with Crippen molar-refractivity contribution in [3.05, 3.63) is 50.5 Å². The molecule has 1 aromatic rings. The second kappa shape index (κ2) is 7.61. The van der Waals surface area contributed by atoms with Gasteiger partial charge in [0.2, 0.25) is 0 Å². The largest absolute Gasteiger partial charge is 0.459 e. The Morgan fingerprint density at radius 2 is 2.10 bits per heavy atom. The van der Waals surface area contributed by atoms with Crippen LogP contribution in [0, 0.1) is 10.1 Å². The molecule has 0 fully saturated rings. The number of nitrogens with zero attached hydrogens (tertiary/aromatic N) is 1. The van der Waals surface area contributed by atoms with Crippen LogP contribution in [-0.4, -0.2) is 30.0 Å². The number of nitrogens with one attached hydrogen (secondary N) is 1. The molecule has 1 aromatic carbocycles. The molecule has 0 atom stereocenters. The van der Waals surface area contributed by atoms with Crippen LogP contribution < -0.4 is 5.32 Å². The summed E-state index contributed by atoms with van der Waals surface area (Å²) in [5.41, 5.74) is -0.397. The van der Waals surface area contributed by atoms with Gasteiger partial charge in [-0.15, -0.1) is 0 Å². The first kappa shape index (κ1) is 16.9. The summed E-state index contributed by atoms with van der Waals surface area (Å²) < 4.78 is 4.66. The Balaban J connectivity index is 2.64. The summed E-state index contributed by atoms with van der Waals surface area (Å²) in [5, 5.41) is 13.0. The molecule has 0 saturated heterocycles. The van der Waals surface area contributed by atoms with Gasteiger partial charge in [0.15, 0.2) is 0 Å². The predicted molar refractivity (Wildman–Crippen MR) is 76.4 cm³/mol. The zero-order chi connectivity index (χ0) is 16.0. The molecule has 0 radical (unpaired) electrons. The summed E-state index contributed by atoms with van der Waals surface area (Å²) in [7, 11) is 0. The highest BCUT2D eigenvalue weighted by Gasteiger charge is 2.16. The van der Waals surface area contributed by atoms with Crippen molar-refractivity contribution in [3.63, 3.8) is 0 Å². The minimum absolute atomic E-state index is 0.000605. The molecule has 0 heterocycles. The van der Waals surface area contributed by atoms with Gasteiger partial charge in [-0.05, 0) is 12.1 Å². The van der Waals surface area contributed by atoms with Crippen molar-refractivity contribution >= 4 is 40.8 Å². The maximum absolute atomic E-state index is 11.7. The second-order valence-electron chi connectivity index (χ2n) is 3.78. The van der Waals surface area contributed by atoms with E-state index in [9.17, 15) is 19.7 Å². The molecule has 0 saturated carbocycles. The number of amides is 1. The third-order valence-corrected chi connectivity index (χ3v) is 2.62. The first-order chi connectivity index (χ1) is 9.81. The highest BCUT2D eigenvalue weighted by atomic mass is 35.5. The fraction of sp³-hybridized carbons (Fsp3) is 0.167. The first-order valence-corrected chi connectivity index (χ1v) is 6.28. The molecule has 1 amide bonds. The molecule has 0 aliphatic rings. The van der Waals surface area contributed by atoms with Gasteiger partial charge in [0, 0.05) is 16.7 Å². The van der Waals surface area contributed by atoms with Crippen LogP contribution in [0.4, 0.5) is 5.69 Å². The number of hydrogen-bond acceptors (Lipinski definition) is 5. The number of esters is 1. The van der Waals surface area contributed by atoms with E-state index in [1.165, 1.54) is 12.1 Å². The Bertz CT molecular complexity index is 603. The van der Waals surface area contributed by atoms with Gasteiger partial charge in [-0.3, -0.25) is 19.7 Å². The second-order valence-corrected chi connectivity index (χ2v) is 4.73. The maximum Gasteiger partial charge on any atom is 0.325 e. The van der Waals surface area contributed by atoms with Crippen molar-refractivity contribution in [2.24, 2.45) is 0 Å². The van der Waals surface area contributed by atoms with Crippen LogP contribution in [0.2, 0.25) is 5.02 Å². The Hall–Kier alpha value is -2.12. The molecule has 0 aliphatic carbocycles. The Kier molecular flexibility index (Phi) is 6.13. The number of benzene rings is 1. The number of rotatable bonds is 6. The summed E-state index contributed by atoms with van der Waals surface area (Å²) in [6.07, 6.45) is 0. The third-order valence-electron chi connectivity index (χ3n) is 2.19. The molecule has 0 spiro atoms. The van der Waals surface area contributed by atoms with Crippen molar-refractivity contribution in [2.45, 2.75) is 0 Å².